The number of anilines is 1. The molecule has 0 bridgehead atoms. The Labute approximate surface area is 195 Å². The summed E-state index contributed by atoms with van der Waals surface area (Å²) in [6.45, 7) is 5.74. The number of aryl methyl sites for hydroxylation is 1. The van der Waals surface area contributed by atoms with Crippen LogP contribution >= 0.6 is 11.6 Å². The molecule has 0 fully saturated rings. The first-order valence-electron chi connectivity index (χ1n) is 10.4. The first kappa shape index (κ1) is 25.7. The lowest BCUT2D eigenvalue weighted by Gasteiger charge is -2.31. The van der Waals surface area contributed by atoms with Crippen LogP contribution in [0.5, 0.6) is 0 Å². The minimum atomic E-state index is -3.78. The monoisotopic (exact) mass is 479 g/mol. The van der Waals surface area contributed by atoms with Crippen molar-refractivity contribution >= 4 is 39.1 Å². The van der Waals surface area contributed by atoms with E-state index in [0.717, 1.165) is 28.1 Å². The van der Waals surface area contributed by atoms with Crippen molar-refractivity contribution < 1.29 is 18.0 Å². The molecule has 0 aliphatic carbocycles. The van der Waals surface area contributed by atoms with Crippen molar-refractivity contribution in [3.05, 3.63) is 64.7 Å². The molecule has 7 nitrogen and oxygen atoms in total. The van der Waals surface area contributed by atoms with Crippen LogP contribution in [0.25, 0.3) is 0 Å². The van der Waals surface area contributed by atoms with E-state index in [2.05, 4.69) is 5.32 Å². The summed E-state index contributed by atoms with van der Waals surface area (Å²) >= 11 is 6.03. The summed E-state index contributed by atoms with van der Waals surface area (Å²) in [5, 5.41) is 3.16. The predicted molar refractivity (Wildman–Crippen MR) is 128 cm³/mol. The number of hydrogen-bond donors (Lipinski definition) is 1. The van der Waals surface area contributed by atoms with Gasteiger partial charge in [0.2, 0.25) is 21.8 Å². The van der Waals surface area contributed by atoms with Crippen LogP contribution < -0.4 is 9.62 Å². The van der Waals surface area contributed by atoms with Gasteiger partial charge in [-0.3, -0.25) is 13.9 Å². The molecular weight excluding hydrogens is 450 g/mol. The van der Waals surface area contributed by atoms with Gasteiger partial charge in [0.15, 0.2) is 0 Å². The summed E-state index contributed by atoms with van der Waals surface area (Å²) in [4.78, 5) is 27.4. The molecular formula is C23H30ClN3O4S. The number of amides is 2. The zero-order valence-corrected chi connectivity index (χ0v) is 20.4. The van der Waals surface area contributed by atoms with Gasteiger partial charge in [0.1, 0.15) is 12.6 Å². The molecule has 2 aromatic rings. The molecule has 2 rings (SSSR count). The number of hydrogen-bond acceptors (Lipinski definition) is 4. The minimum Gasteiger partial charge on any atom is -0.354 e. The fourth-order valence-electron chi connectivity index (χ4n) is 3.23. The number of benzene rings is 2. The minimum absolute atomic E-state index is 0.175. The highest BCUT2D eigenvalue weighted by Crippen LogP contribution is 2.22. The van der Waals surface area contributed by atoms with E-state index < -0.39 is 28.5 Å². The van der Waals surface area contributed by atoms with E-state index in [9.17, 15) is 18.0 Å². The zero-order chi connectivity index (χ0) is 23.9. The quantitative estimate of drug-likeness (QED) is 0.566. The Hall–Kier alpha value is -2.58. The Bertz CT molecular complexity index is 1060. The molecule has 0 heterocycles. The third kappa shape index (κ3) is 7.24. The molecule has 0 unspecified atom stereocenters. The second-order valence-electron chi connectivity index (χ2n) is 7.73. The molecule has 0 aromatic heterocycles. The molecule has 0 spiro atoms. The Morgan fingerprint density at radius 2 is 1.81 bits per heavy atom. The summed E-state index contributed by atoms with van der Waals surface area (Å²) in [5.41, 5.74) is 2.16. The molecule has 1 atom stereocenters. The average molecular weight is 480 g/mol. The number of rotatable bonds is 10. The molecule has 0 saturated heterocycles. The molecule has 1 N–H and O–H groups in total. The topological polar surface area (TPSA) is 86.8 Å². The van der Waals surface area contributed by atoms with E-state index in [1.165, 1.54) is 11.0 Å². The van der Waals surface area contributed by atoms with E-state index in [-0.39, 0.29) is 18.1 Å². The maximum absolute atomic E-state index is 13.4. The van der Waals surface area contributed by atoms with Gasteiger partial charge >= 0.3 is 0 Å². The van der Waals surface area contributed by atoms with Gasteiger partial charge in [-0.2, -0.15) is 0 Å². The molecule has 0 aliphatic rings. The smallest absolute Gasteiger partial charge is 0.244 e. The normalized spacial score (nSPS) is 12.2. The van der Waals surface area contributed by atoms with Gasteiger partial charge in [0, 0.05) is 18.1 Å². The standard InChI is InChI=1S/C23H30ClN3O4S/c1-5-12-25-23(29)18(3)26(15-19-9-6-8-17(2)13-19)22(28)16-27(32(4,30)31)21-11-7-10-20(24)14-21/h6-11,13-14,18H,5,12,15-16H2,1-4H3,(H,25,29)/t18-/m0/s1. The van der Waals surface area contributed by atoms with Crippen molar-refractivity contribution in [2.24, 2.45) is 0 Å². The Kier molecular flexibility index (Phi) is 9.09. The second kappa shape index (κ2) is 11.3. The Morgan fingerprint density at radius 3 is 2.41 bits per heavy atom. The molecule has 2 aromatic carbocycles. The molecule has 0 saturated carbocycles. The Morgan fingerprint density at radius 1 is 1.12 bits per heavy atom. The number of carbonyl (C=O) groups excluding carboxylic acids is 2. The third-order valence-corrected chi connectivity index (χ3v) is 6.30. The van der Waals surface area contributed by atoms with Gasteiger partial charge in [-0.15, -0.1) is 0 Å². The van der Waals surface area contributed by atoms with Crippen LogP contribution in [0.15, 0.2) is 48.5 Å². The van der Waals surface area contributed by atoms with E-state index in [0.29, 0.717) is 11.6 Å². The van der Waals surface area contributed by atoms with Crippen LogP contribution in [-0.2, 0) is 26.2 Å². The van der Waals surface area contributed by atoms with Gasteiger partial charge in [0.05, 0.1) is 11.9 Å². The lowest BCUT2D eigenvalue weighted by molar-refractivity contribution is -0.139. The lowest BCUT2D eigenvalue weighted by atomic mass is 10.1. The SMILES string of the molecule is CCCNC(=O)[C@H](C)N(Cc1cccc(C)c1)C(=O)CN(c1cccc(Cl)c1)S(C)(=O)=O. The van der Waals surface area contributed by atoms with Crippen LogP contribution in [0.3, 0.4) is 0 Å². The van der Waals surface area contributed by atoms with Crippen molar-refractivity contribution in [2.75, 3.05) is 23.7 Å². The van der Waals surface area contributed by atoms with Gasteiger partial charge in [-0.1, -0.05) is 54.4 Å². The summed E-state index contributed by atoms with van der Waals surface area (Å²) in [7, 11) is -3.78. The van der Waals surface area contributed by atoms with Crippen LogP contribution in [0.4, 0.5) is 5.69 Å². The lowest BCUT2D eigenvalue weighted by Crippen LogP contribution is -2.51. The first-order chi connectivity index (χ1) is 15.0. The summed E-state index contributed by atoms with van der Waals surface area (Å²) < 4.78 is 26.0. The van der Waals surface area contributed by atoms with Crippen molar-refractivity contribution in [2.45, 2.75) is 39.8 Å². The zero-order valence-electron chi connectivity index (χ0n) is 18.8. The maximum atomic E-state index is 13.4. The number of carbonyl (C=O) groups is 2. The molecule has 0 radical (unpaired) electrons. The molecule has 32 heavy (non-hydrogen) atoms. The van der Waals surface area contributed by atoms with Crippen molar-refractivity contribution in [1.82, 2.24) is 10.2 Å². The van der Waals surface area contributed by atoms with Crippen LogP contribution in [0.1, 0.15) is 31.4 Å². The number of nitrogens with one attached hydrogen (secondary N) is 1. The highest BCUT2D eigenvalue weighted by atomic mass is 35.5. The number of nitrogens with zero attached hydrogens (tertiary/aromatic N) is 2. The van der Waals surface area contributed by atoms with Crippen LogP contribution in [-0.4, -0.2) is 50.5 Å². The van der Waals surface area contributed by atoms with Gasteiger partial charge in [0.25, 0.3) is 0 Å². The van der Waals surface area contributed by atoms with E-state index in [1.54, 1.807) is 25.1 Å². The highest BCUT2D eigenvalue weighted by molar-refractivity contribution is 7.92. The van der Waals surface area contributed by atoms with E-state index >= 15 is 0 Å². The van der Waals surface area contributed by atoms with Gasteiger partial charge < -0.3 is 10.2 Å². The van der Waals surface area contributed by atoms with Crippen LogP contribution in [0.2, 0.25) is 5.02 Å². The highest BCUT2D eigenvalue weighted by Gasteiger charge is 2.30. The second-order valence-corrected chi connectivity index (χ2v) is 10.1. The van der Waals surface area contributed by atoms with Gasteiger partial charge in [-0.25, -0.2) is 8.42 Å². The van der Waals surface area contributed by atoms with Crippen LogP contribution in [0, 0.1) is 6.92 Å². The molecule has 174 valence electrons. The predicted octanol–water partition coefficient (Wildman–Crippen LogP) is 3.36. The fourth-order valence-corrected chi connectivity index (χ4v) is 4.26. The Balaban J connectivity index is 2.37. The molecule has 0 aliphatic heterocycles. The average Bonchev–Trinajstić information content (AvgIpc) is 2.72. The number of sulfonamides is 1. The third-order valence-electron chi connectivity index (χ3n) is 4.93. The number of halogens is 1. The largest absolute Gasteiger partial charge is 0.354 e. The van der Waals surface area contributed by atoms with Gasteiger partial charge in [-0.05, 0) is 44.0 Å². The molecule has 2 amide bonds. The molecule has 9 heteroatoms. The fraction of sp³-hybridized carbons (Fsp3) is 0.391. The van der Waals surface area contributed by atoms with E-state index in [1.807, 2.05) is 38.1 Å². The first-order valence-corrected chi connectivity index (χ1v) is 12.6. The maximum Gasteiger partial charge on any atom is 0.244 e. The van der Waals surface area contributed by atoms with Crippen molar-refractivity contribution in [3.63, 3.8) is 0 Å². The van der Waals surface area contributed by atoms with E-state index in [4.69, 9.17) is 11.6 Å². The summed E-state index contributed by atoms with van der Waals surface area (Å²) in [5.74, 6) is -0.780. The summed E-state index contributed by atoms with van der Waals surface area (Å²) in [6.07, 6.45) is 1.80. The van der Waals surface area contributed by atoms with Crippen molar-refractivity contribution in [1.29, 1.82) is 0 Å². The van der Waals surface area contributed by atoms with Crippen molar-refractivity contribution in [3.8, 4) is 0 Å². The summed E-state index contributed by atoms with van der Waals surface area (Å²) in [6, 6.07) is 13.1.